The topological polar surface area (TPSA) is 86.9 Å². The van der Waals surface area contributed by atoms with Crippen LogP contribution in [0.25, 0.3) is 11.0 Å². The number of carbonyl (C=O) groups is 2. The number of aromatic nitrogens is 2. The number of imidazole rings is 1. The van der Waals surface area contributed by atoms with Gasteiger partial charge in [0.05, 0.1) is 17.6 Å². The van der Waals surface area contributed by atoms with Gasteiger partial charge >= 0.3 is 0 Å². The monoisotopic (exact) mass is 308 g/mol. The first kappa shape index (κ1) is 14.8. The van der Waals surface area contributed by atoms with Gasteiger partial charge in [-0.3, -0.25) is 9.59 Å². The quantitative estimate of drug-likeness (QED) is 0.692. The molecule has 0 aliphatic heterocycles. The second kappa shape index (κ2) is 6.31. The fourth-order valence-corrected chi connectivity index (χ4v) is 2.30. The largest absolute Gasteiger partial charge is 0.345 e. The van der Waals surface area contributed by atoms with Crippen LogP contribution in [0.5, 0.6) is 0 Å². The van der Waals surface area contributed by atoms with E-state index < -0.39 is 0 Å². The minimum Gasteiger partial charge on any atom is -0.345 e. The van der Waals surface area contributed by atoms with Crippen molar-refractivity contribution in [3.63, 3.8) is 0 Å². The molecule has 3 N–H and O–H groups in total. The maximum atomic E-state index is 12.2. The van der Waals surface area contributed by atoms with Crippen molar-refractivity contribution in [3.8, 4) is 0 Å². The minimum absolute atomic E-state index is 0.176. The number of H-pyrrole nitrogens is 1. The number of carbonyl (C=O) groups excluding carboxylic acids is 2. The summed E-state index contributed by atoms with van der Waals surface area (Å²) >= 11 is 0. The van der Waals surface area contributed by atoms with E-state index in [1.807, 2.05) is 24.3 Å². The van der Waals surface area contributed by atoms with E-state index >= 15 is 0 Å². The van der Waals surface area contributed by atoms with Crippen molar-refractivity contribution in [2.45, 2.75) is 13.5 Å². The first-order valence-corrected chi connectivity index (χ1v) is 7.21. The highest BCUT2D eigenvalue weighted by Gasteiger charge is 2.08. The lowest BCUT2D eigenvalue weighted by Crippen LogP contribution is -2.23. The molecule has 0 saturated heterocycles. The molecule has 1 aromatic heterocycles. The molecule has 116 valence electrons. The average molecular weight is 308 g/mol. The summed E-state index contributed by atoms with van der Waals surface area (Å²) < 4.78 is 0. The van der Waals surface area contributed by atoms with Gasteiger partial charge in [-0.25, -0.2) is 4.98 Å². The number of hydrogen-bond donors (Lipinski definition) is 3. The predicted octanol–water partition coefficient (Wildman–Crippen LogP) is 2.45. The Hall–Kier alpha value is -3.15. The van der Waals surface area contributed by atoms with Gasteiger partial charge in [0.1, 0.15) is 5.82 Å². The van der Waals surface area contributed by atoms with Gasteiger partial charge in [0, 0.05) is 18.2 Å². The Bertz CT molecular complexity index is 837. The maximum absolute atomic E-state index is 12.2. The molecule has 0 radical (unpaired) electrons. The van der Waals surface area contributed by atoms with Crippen molar-refractivity contribution in [2.24, 2.45) is 0 Å². The molecule has 0 saturated carbocycles. The van der Waals surface area contributed by atoms with Crippen LogP contribution < -0.4 is 10.6 Å². The molecule has 23 heavy (non-hydrogen) atoms. The fraction of sp³-hybridized carbons (Fsp3) is 0.118. The normalized spacial score (nSPS) is 10.5. The lowest BCUT2D eigenvalue weighted by atomic mass is 10.2. The molecule has 0 aliphatic carbocycles. The molecule has 3 rings (SSSR count). The number of benzene rings is 2. The second-order valence-corrected chi connectivity index (χ2v) is 5.15. The predicted molar refractivity (Wildman–Crippen MR) is 88.0 cm³/mol. The molecule has 0 unspecified atom stereocenters. The van der Waals surface area contributed by atoms with Crippen molar-refractivity contribution in [1.82, 2.24) is 15.3 Å². The van der Waals surface area contributed by atoms with E-state index in [-0.39, 0.29) is 11.8 Å². The van der Waals surface area contributed by atoms with E-state index in [1.165, 1.54) is 6.92 Å². The lowest BCUT2D eigenvalue weighted by molar-refractivity contribution is -0.114. The van der Waals surface area contributed by atoms with Crippen molar-refractivity contribution < 1.29 is 9.59 Å². The van der Waals surface area contributed by atoms with Gasteiger partial charge in [0.2, 0.25) is 5.91 Å². The first-order valence-electron chi connectivity index (χ1n) is 7.21. The molecule has 0 fully saturated rings. The molecule has 2 aromatic carbocycles. The molecule has 0 spiro atoms. The van der Waals surface area contributed by atoms with Crippen LogP contribution in [0.1, 0.15) is 23.1 Å². The summed E-state index contributed by atoms with van der Waals surface area (Å²) in [6.45, 7) is 1.73. The van der Waals surface area contributed by atoms with Crippen molar-refractivity contribution in [2.75, 3.05) is 5.32 Å². The lowest BCUT2D eigenvalue weighted by Gasteiger charge is -2.06. The number of aromatic amines is 1. The first-order chi connectivity index (χ1) is 11.1. The highest BCUT2D eigenvalue weighted by Crippen LogP contribution is 2.12. The van der Waals surface area contributed by atoms with Gasteiger partial charge < -0.3 is 15.6 Å². The van der Waals surface area contributed by atoms with E-state index in [2.05, 4.69) is 20.6 Å². The van der Waals surface area contributed by atoms with Crippen LogP contribution in [0.15, 0.2) is 48.5 Å². The number of amides is 2. The Balaban J connectivity index is 1.68. The summed E-state index contributed by atoms with van der Waals surface area (Å²) in [4.78, 5) is 30.8. The molecule has 2 amide bonds. The van der Waals surface area contributed by atoms with Crippen molar-refractivity contribution in [1.29, 1.82) is 0 Å². The van der Waals surface area contributed by atoms with Gasteiger partial charge in [-0.15, -0.1) is 0 Å². The standard InChI is InChI=1S/C17H16N4O2/c1-11(22)19-13-6-4-5-12(9-13)17(23)18-10-16-20-14-7-2-3-8-15(14)21-16/h2-9H,10H2,1H3,(H,18,23)(H,19,22)(H,20,21). The van der Waals surface area contributed by atoms with E-state index in [0.29, 0.717) is 23.6 Å². The molecule has 0 bridgehead atoms. The van der Waals surface area contributed by atoms with E-state index in [4.69, 9.17) is 0 Å². The van der Waals surface area contributed by atoms with Crippen LogP contribution in [0.3, 0.4) is 0 Å². The fourth-order valence-electron chi connectivity index (χ4n) is 2.30. The smallest absolute Gasteiger partial charge is 0.251 e. The van der Waals surface area contributed by atoms with Gasteiger partial charge in [0.15, 0.2) is 0 Å². The molecule has 3 aromatic rings. The van der Waals surface area contributed by atoms with Gasteiger partial charge in [0.25, 0.3) is 5.91 Å². The minimum atomic E-state index is -0.224. The van der Waals surface area contributed by atoms with Crippen LogP contribution in [-0.2, 0) is 11.3 Å². The highest BCUT2D eigenvalue weighted by atomic mass is 16.2. The molecule has 6 nitrogen and oxygen atoms in total. The third-order valence-electron chi connectivity index (χ3n) is 3.30. The summed E-state index contributed by atoms with van der Waals surface area (Å²) in [5.41, 5.74) is 2.87. The average Bonchev–Trinajstić information content (AvgIpc) is 2.95. The van der Waals surface area contributed by atoms with Crippen molar-refractivity contribution >= 4 is 28.5 Å². The molecule has 0 atom stereocenters. The van der Waals surface area contributed by atoms with Gasteiger partial charge in [-0.05, 0) is 30.3 Å². The van der Waals surface area contributed by atoms with Gasteiger partial charge in [-0.1, -0.05) is 18.2 Å². The number of rotatable bonds is 4. The number of hydrogen-bond acceptors (Lipinski definition) is 3. The van der Waals surface area contributed by atoms with Crippen molar-refractivity contribution in [3.05, 3.63) is 59.9 Å². The SMILES string of the molecule is CC(=O)Nc1cccc(C(=O)NCc2nc3ccccc3[nH]2)c1. The van der Waals surface area contributed by atoms with E-state index in [1.54, 1.807) is 24.3 Å². The van der Waals surface area contributed by atoms with Crippen LogP contribution in [0.2, 0.25) is 0 Å². The number of nitrogens with one attached hydrogen (secondary N) is 3. The number of nitrogens with zero attached hydrogens (tertiary/aromatic N) is 1. The molecule has 6 heteroatoms. The van der Waals surface area contributed by atoms with E-state index in [9.17, 15) is 9.59 Å². The molecular weight excluding hydrogens is 292 g/mol. The Morgan fingerprint density at radius 3 is 2.74 bits per heavy atom. The Kier molecular flexibility index (Phi) is 4.05. The second-order valence-electron chi connectivity index (χ2n) is 5.15. The maximum Gasteiger partial charge on any atom is 0.251 e. The zero-order valence-corrected chi connectivity index (χ0v) is 12.6. The summed E-state index contributed by atoms with van der Waals surface area (Å²) in [5.74, 6) is 0.292. The highest BCUT2D eigenvalue weighted by molar-refractivity contribution is 5.96. The summed E-state index contributed by atoms with van der Waals surface area (Å²) in [7, 11) is 0. The molecule has 1 heterocycles. The van der Waals surface area contributed by atoms with Crippen LogP contribution >= 0.6 is 0 Å². The number of fused-ring (bicyclic) bond motifs is 1. The number of anilines is 1. The summed E-state index contributed by atoms with van der Waals surface area (Å²) in [6.07, 6.45) is 0. The number of para-hydroxylation sites is 2. The third-order valence-corrected chi connectivity index (χ3v) is 3.30. The summed E-state index contributed by atoms with van der Waals surface area (Å²) in [5, 5.41) is 5.47. The Morgan fingerprint density at radius 1 is 1.13 bits per heavy atom. The van der Waals surface area contributed by atoms with Gasteiger partial charge in [-0.2, -0.15) is 0 Å². The Labute approximate surface area is 132 Å². The van der Waals surface area contributed by atoms with Crippen LogP contribution in [-0.4, -0.2) is 21.8 Å². The molecular formula is C17H16N4O2. The Morgan fingerprint density at radius 2 is 1.96 bits per heavy atom. The molecule has 0 aliphatic rings. The zero-order valence-electron chi connectivity index (χ0n) is 12.6. The zero-order chi connectivity index (χ0) is 16.2. The third kappa shape index (κ3) is 3.55. The summed E-state index contributed by atoms with van der Waals surface area (Å²) in [6, 6.07) is 14.5. The van der Waals surface area contributed by atoms with E-state index in [0.717, 1.165) is 11.0 Å². The van der Waals surface area contributed by atoms with Crippen LogP contribution in [0.4, 0.5) is 5.69 Å². The van der Waals surface area contributed by atoms with Crippen LogP contribution in [0, 0.1) is 0 Å².